The summed E-state index contributed by atoms with van der Waals surface area (Å²) >= 11 is 0. The predicted octanol–water partition coefficient (Wildman–Crippen LogP) is 2.87. The molecule has 76 valence electrons. The summed E-state index contributed by atoms with van der Waals surface area (Å²) in [6.07, 6.45) is 0.891. The van der Waals surface area contributed by atoms with Crippen molar-refractivity contribution in [3.8, 4) is 0 Å². The van der Waals surface area contributed by atoms with Crippen molar-refractivity contribution >= 4 is 0 Å². The quantitative estimate of drug-likeness (QED) is 0.724. The molecular weight excluding hydrogens is 170 g/mol. The van der Waals surface area contributed by atoms with Gasteiger partial charge in [-0.2, -0.15) is 0 Å². The highest BCUT2D eigenvalue weighted by Gasteiger charge is 2.22. The van der Waals surface area contributed by atoms with Gasteiger partial charge in [-0.15, -0.1) is 0 Å². The third kappa shape index (κ3) is 2.24. The van der Waals surface area contributed by atoms with Crippen molar-refractivity contribution in [3.05, 3.63) is 48.0 Å². The summed E-state index contributed by atoms with van der Waals surface area (Å²) in [4.78, 5) is 0. The molecule has 0 atom stereocenters. The van der Waals surface area contributed by atoms with Crippen LogP contribution < -0.4 is 5.73 Å². The smallest absolute Gasteiger partial charge is 0.0103 e. The van der Waals surface area contributed by atoms with Gasteiger partial charge in [-0.1, -0.05) is 56.3 Å². The average molecular weight is 189 g/mol. The largest absolute Gasteiger partial charge is 0.330 e. The number of hydrogen-bond acceptors (Lipinski definition) is 1. The molecule has 0 unspecified atom stereocenters. The Morgan fingerprint density at radius 3 is 2.36 bits per heavy atom. The molecule has 0 aromatic heterocycles. The molecule has 0 saturated carbocycles. The van der Waals surface area contributed by atoms with E-state index >= 15 is 0 Å². The van der Waals surface area contributed by atoms with Gasteiger partial charge >= 0.3 is 0 Å². The van der Waals surface area contributed by atoms with E-state index < -0.39 is 0 Å². The van der Waals surface area contributed by atoms with Gasteiger partial charge in [-0.25, -0.2) is 0 Å². The van der Waals surface area contributed by atoms with Gasteiger partial charge in [-0.05, 0) is 18.5 Å². The Balaban J connectivity index is 2.90. The van der Waals surface area contributed by atoms with Crippen LogP contribution >= 0.6 is 0 Å². The molecule has 1 aromatic carbocycles. The van der Waals surface area contributed by atoms with E-state index in [0.717, 1.165) is 6.42 Å². The molecule has 0 saturated heterocycles. The van der Waals surface area contributed by atoms with Gasteiger partial charge in [0, 0.05) is 5.41 Å². The van der Waals surface area contributed by atoms with E-state index in [1.807, 2.05) is 6.07 Å². The zero-order chi connectivity index (χ0) is 10.6. The van der Waals surface area contributed by atoms with Crippen LogP contribution in [0.3, 0.4) is 0 Å². The van der Waals surface area contributed by atoms with Crippen molar-refractivity contribution in [2.75, 3.05) is 6.54 Å². The highest BCUT2D eigenvalue weighted by molar-refractivity contribution is 5.32. The molecule has 1 rings (SSSR count). The van der Waals surface area contributed by atoms with Crippen LogP contribution in [0.1, 0.15) is 25.8 Å². The van der Waals surface area contributed by atoms with Crippen molar-refractivity contribution in [1.29, 1.82) is 0 Å². The highest BCUT2D eigenvalue weighted by atomic mass is 14.5. The highest BCUT2D eigenvalue weighted by Crippen LogP contribution is 2.31. The molecule has 0 aliphatic rings. The SMILES string of the molecule is C=C(CCN)C(C)(C)c1ccccc1. The molecule has 1 nitrogen and oxygen atoms in total. The molecule has 0 fully saturated rings. The minimum atomic E-state index is 0.0284. The molecule has 2 N–H and O–H groups in total. The Hall–Kier alpha value is -1.08. The Morgan fingerprint density at radius 2 is 1.86 bits per heavy atom. The molecule has 1 heteroatoms. The van der Waals surface area contributed by atoms with E-state index in [2.05, 4.69) is 44.7 Å². The maximum atomic E-state index is 5.54. The minimum absolute atomic E-state index is 0.0284. The van der Waals surface area contributed by atoms with Crippen molar-refractivity contribution < 1.29 is 0 Å². The first-order chi connectivity index (χ1) is 6.59. The maximum absolute atomic E-state index is 5.54. The summed E-state index contributed by atoms with van der Waals surface area (Å²) in [6.45, 7) is 9.18. The van der Waals surface area contributed by atoms with Gasteiger partial charge < -0.3 is 5.73 Å². The van der Waals surface area contributed by atoms with Gasteiger partial charge in [-0.3, -0.25) is 0 Å². The Labute approximate surface area is 86.6 Å². The predicted molar refractivity (Wildman–Crippen MR) is 62.3 cm³/mol. The number of hydrogen-bond donors (Lipinski definition) is 1. The molecule has 0 aliphatic heterocycles. The summed E-state index contributed by atoms with van der Waals surface area (Å²) < 4.78 is 0. The molecular formula is C13H19N. The van der Waals surface area contributed by atoms with Crippen LogP contribution in [0.2, 0.25) is 0 Å². The van der Waals surface area contributed by atoms with Crippen LogP contribution in [0.4, 0.5) is 0 Å². The van der Waals surface area contributed by atoms with Crippen LogP contribution in [0.5, 0.6) is 0 Å². The zero-order valence-corrected chi connectivity index (χ0v) is 9.09. The van der Waals surface area contributed by atoms with E-state index in [1.54, 1.807) is 0 Å². The lowest BCUT2D eigenvalue weighted by molar-refractivity contribution is 0.596. The van der Waals surface area contributed by atoms with E-state index in [0.29, 0.717) is 6.54 Å². The summed E-state index contributed by atoms with van der Waals surface area (Å²) in [6, 6.07) is 10.4. The second-order valence-electron chi connectivity index (χ2n) is 4.13. The van der Waals surface area contributed by atoms with E-state index in [4.69, 9.17) is 5.73 Å². The zero-order valence-electron chi connectivity index (χ0n) is 9.09. The molecule has 0 bridgehead atoms. The van der Waals surface area contributed by atoms with Gasteiger partial charge in [0.25, 0.3) is 0 Å². The summed E-state index contributed by atoms with van der Waals surface area (Å²) in [5.74, 6) is 0. The van der Waals surface area contributed by atoms with Gasteiger partial charge in [0.1, 0.15) is 0 Å². The Bertz CT molecular complexity index is 298. The number of benzene rings is 1. The first kappa shape index (κ1) is 11.0. The van der Waals surface area contributed by atoms with Crippen molar-refractivity contribution in [3.63, 3.8) is 0 Å². The minimum Gasteiger partial charge on any atom is -0.330 e. The molecule has 0 spiro atoms. The lowest BCUT2D eigenvalue weighted by atomic mass is 9.77. The lowest BCUT2D eigenvalue weighted by Gasteiger charge is -2.27. The summed E-state index contributed by atoms with van der Waals surface area (Å²) in [5.41, 5.74) is 8.08. The fraction of sp³-hybridized carbons (Fsp3) is 0.385. The first-order valence-electron chi connectivity index (χ1n) is 5.03. The number of nitrogens with two attached hydrogens (primary N) is 1. The third-order valence-corrected chi connectivity index (χ3v) is 2.83. The third-order valence-electron chi connectivity index (χ3n) is 2.83. The molecule has 0 radical (unpaired) electrons. The Morgan fingerprint density at radius 1 is 1.29 bits per heavy atom. The second-order valence-corrected chi connectivity index (χ2v) is 4.13. The second kappa shape index (κ2) is 4.43. The fourth-order valence-corrected chi connectivity index (χ4v) is 1.55. The van der Waals surface area contributed by atoms with Crippen LogP contribution in [0.15, 0.2) is 42.5 Å². The van der Waals surface area contributed by atoms with E-state index in [-0.39, 0.29) is 5.41 Å². The average Bonchev–Trinajstić information content (AvgIpc) is 2.19. The maximum Gasteiger partial charge on any atom is 0.0103 e. The summed E-state index contributed by atoms with van der Waals surface area (Å²) in [5, 5.41) is 0. The monoisotopic (exact) mass is 189 g/mol. The lowest BCUT2D eigenvalue weighted by Crippen LogP contribution is -2.21. The first-order valence-corrected chi connectivity index (χ1v) is 5.03. The van der Waals surface area contributed by atoms with Gasteiger partial charge in [0.2, 0.25) is 0 Å². The van der Waals surface area contributed by atoms with Crippen LogP contribution in [0, 0.1) is 0 Å². The molecule has 14 heavy (non-hydrogen) atoms. The normalized spacial score (nSPS) is 11.4. The standard InChI is InChI=1S/C13H19N/c1-11(9-10-14)13(2,3)12-7-5-4-6-8-12/h4-8H,1,9-10,14H2,2-3H3. The van der Waals surface area contributed by atoms with Crippen LogP contribution in [0.25, 0.3) is 0 Å². The van der Waals surface area contributed by atoms with Gasteiger partial charge in [0.05, 0.1) is 0 Å². The van der Waals surface area contributed by atoms with Crippen molar-refractivity contribution in [2.24, 2.45) is 5.73 Å². The van der Waals surface area contributed by atoms with E-state index in [1.165, 1.54) is 11.1 Å². The van der Waals surface area contributed by atoms with Crippen molar-refractivity contribution in [2.45, 2.75) is 25.7 Å². The van der Waals surface area contributed by atoms with Crippen molar-refractivity contribution in [1.82, 2.24) is 0 Å². The summed E-state index contributed by atoms with van der Waals surface area (Å²) in [7, 11) is 0. The number of rotatable bonds is 4. The topological polar surface area (TPSA) is 26.0 Å². The van der Waals surface area contributed by atoms with E-state index in [9.17, 15) is 0 Å². The molecule has 0 heterocycles. The van der Waals surface area contributed by atoms with Crippen LogP contribution in [-0.2, 0) is 5.41 Å². The molecule has 0 amide bonds. The Kier molecular flexibility index (Phi) is 3.48. The molecule has 0 aliphatic carbocycles. The fourth-order valence-electron chi connectivity index (χ4n) is 1.55. The van der Waals surface area contributed by atoms with Gasteiger partial charge in [0.15, 0.2) is 0 Å². The van der Waals surface area contributed by atoms with Crippen LogP contribution in [-0.4, -0.2) is 6.54 Å². The molecule has 1 aromatic rings.